The fourth-order valence-electron chi connectivity index (χ4n) is 7.59. The Kier molecular flexibility index (Phi) is 20.0. The Morgan fingerprint density at radius 3 is 1.24 bits per heavy atom. The van der Waals surface area contributed by atoms with Gasteiger partial charge in [0.05, 0.1) is 58.3 Å². The second-order valence-electron chi connectivity index (χ2n) is 20.9. The summed E-state index contributed by atoms with van der Waals surface area (Å²) in [4.78, 5) is 23.7. The number of benzene rings is 4. The Balaban J connectivity index is 0.000000221. The van der Waals surface area contributed by atoms with Crippen LogP contribution in [0.4, 0.5) is 9.59 Å². The molecule has 11 N–H and O–H groups in total. The van der Waals surface area contributed by atoms with E-state index in [1.54, 1.807) is 68.4 Å². The molecular formula is C53H72N10O12S3. The SMILES string of the molecule is C=C(O)C(C)(C)COc1cccc2c1C(N)=NS(=O)(=O)C2.CCNC(=O)NCC(C)(C)COc1cccc2c1C(N)=NS(=O)(=O)C2.CCc1ccc(CNC(=O)NCC(C)(C)COc2cccc3c2C(N)=NS(=O)(=O)C3)cc1. The van der Waals surface area contributed by atoms with Crippen LogP contribution in [0.15, 0.2) is 104 Å². The first-order valence-electron chi connectivity index (χ1n) is 24.8. The minimum absolute atomic E-state index is 0.0107. The Labute approximate surface area is 457 Å². The number of rotatable bonds is 18. The molecule has 0 atom stereocenters. The van der Waals surface area contributed by atoms with E-state index in [0.717, 1.165) is 12.0 Å². The average Bonchev–Trinajstić information content (AvgIpc) is 3.39. The van der Waals surface area contributed by atoms with Crippen molar-refractivity contribution in [1.82, 2.24) is 21.3 Å². The number of carbonyl (C=O) groups is 2. The van der Waals surface area contributed by atoms with Crippen molar-refractivity contribution in [3.05, 3.63) is 136 Å². The van der Waals surface area contributed by atoms with Gasteiger partial charge in [0.1, 0.15) is 41.4 Å². The molecular weight excluding hydrogens is 1060 g/mol. The molecule has 3 aliphatic heterocycles. The number of amidine groups is 3. The van der Waals surface area contributed by atoms with Crippen molar-refractivity contribution in [3.63, 3.8) is 0 Å². The summed E-state index contributed by atoms with van der Waals surface area (Å²) in [7, 11) is -10.7. The molecule has 3 aliphatic rings. The quantitative estimate of drug-likeness (QED) is 0.0580. The highest BCUT2D eigenvalue weighted by molar-refractivity contribution is 7.90. The minimum Gasteiger partial charge on any atom is -0.512 e. The van der Waals surface area contributed by atoms with Crippen LogP contribution in [-0.2, 0) is 60.3 Å². The summed E-state index contributed by atoms with van der Waals surface area (Å²) in [5, 5.41) is 20.7. The molecule has 0 aliphatic carbocycles. The van der Waals surface area contributed by atoms with Crippen LogP contribution in [0.2, 0.25) is 0 Å². The van der Waals surface area contributed by atoms with Gasteiger partial charge in [0, 0.05) is 37.0 Å². The second kappa shape index (κ2) is 25.4. The number of aliphatic hydroxyl groups excluding tert-OH is 1. The maximum absolute atomic E-state index is 12.2. The maximum atomic E-state index is 12.2. The summed E-state index contributed by atoms with van der Waals surface area (Å²) in [5.74, 6) is 0.623. The van der Waals surface area contributed by atoms with Crippen molar-refractivity contribution in [1.29, 1.82) is 0 Å². The molecule has 0 radical (unpaired) electrons. The van der Waals surface area contributed by atoms with Crippen LogP contribution < -0.4 is 52.7 Å². The molecule has 0 fully saturated rings. The zero-order valence-electron chi connectivity index (χ0n) is 45.2. The third kappa shape index (κ3) is 17.8. The zero-order valence-corrected chi connectivity index (χ0v) is 47.7. The fraction of sp³-hybridized carbons (Fsp3) is 0.415. The summed E-state index contributed by atoms with van der Waals surface area (Å²) >= 11 is 0. The summed E-state index contributed by atoms with van der Waals surface area (Å²) in [5.41, 5.74) is 21.6. The molecule has 0 bridgehead atoms. The van der Waals surface area contributed by atoms with E-state index in [1.165, 1.54) is 5.56 Å². The van der Waals surface area contributed by atoms with Crippen LogP contribution in [0.25, 0.3) is 0 Å². The fourth-order valence-corrected chi connectivity index (χ4v) is 10.9. The minimum atomic E-state index is -3.60. The average molecular weight is 1140 g/mol. The smallest absolute Gasteiger partial charge is 0.315 e. The third-order valence-electron chi connectivity index (χ3n) is 12.1. The molecule has 22 nitrogen and oxygen atoms in total. The highest BCUT2D eigenvalue weighted by Gasteiger charge is 2.30. The van der Waals surface area contributed by atoms with Gasteiger partial charge in [0.2, 0.25) is 0 Å². The molecule has 4 amide bonds. The van der Waals surface area contributed by atoms with E-state index in [1.807, 2.05) is 46.8 Å². The van der Waals surface area contributed by atoms with Gasteiger partial charge in [-0.3, -0.25) is 0 Å². The number of amides is 4. The summed E-state index contributed by atoms with van der Waals surface area (Å²) in [6.07, 6.45) is 0.982. The van der Waals surface area contributed by atoms with E-state index in [0.29, 0.717) is 90.0 Å². The lowest BCUT2D eigenvalue weighted by Gasteiger charge is -2.26. The van der Waals surface area contributed by atoms with Crippen molar-refractivity contribution in [2.24, 2.45) is 46.6 Å². The van der Waals surface area contributed by atoms with Crippen molar-refractivity contribution >= 4 is 59.6 Å². The molecule has 3 heterocycles. The van der Waals surface area contributed by atoms with E-state index in [2.05, 4.69) is 60.1 Å². The molecule has 78 heavy (non-hydrogen) atoms. The molecule has 424 valence electrons. The van der Waals surface area contributed by atoms with Gasteiger partial charge in [0.15, 0.2) is 0 Å². The van der Waals surface area contributed by atoms with E-state index in [-0.39, 0.29) is 70.0 Å². The highest BCUT2D eigenvalue weighted by atomic mass is 32.2. The van der Waals surface area contributed by atoms with Crippen molar-refractivity contribution in [3.8, 4) is 17.2 Å². The Morgan fingerprint density at radius 2 is 0.897 bits per heavy atom. The van der Waals surface area contributed by atoms with Gasteiger partial charge in [-0.15, -0.1) is 13.2 Å². The zero-order chi connectivity index (χ0) is 57.9. The van der Waals surface area contributed by atoms with Gasteiger partial charge in [-0.1, -0.05) is 102 Å². The van der Waals surface area contributed by atoms with Crippen LogP contribution in [0.5, 0.6) is 17.2 Å². The molecule has 4 aromatic rings. The standard InChI is InChI=1S/C23H30N4O4S.C16H24N4O4S.C14H18N2O4S/c1-4-16-8-10-17(11-9-16)12-25-22(28)26-14-23(2,3)15-31-19-7-5-6-18-13-32(29,30)27-21(24)20(18)19;1-4-18-15(21)19-9-16(2,3)10-24-12-7-5-6-11-8-25(22,23)20-14(17)13(11)12;1-9(17)14(2,3)8-20-11-6-4-5-10-7-21(18,19)16-13(15)12(10)11/h5-11H,4,12-15H2,1-3H3,(H2,24,27)(H2,25,26,28);5-7H,4,8-10H2,1-3H3,(H2,17,20)(H2,18,19,21);4-6,17H,1,7-8H2,2-3H3,(H2,15,16). The summed E-state index contributed by atoms with van der Waals surface area (Å²) in [6.45, 7) is 21.5. The van der Waals surface area contributed by atoms with Gasteiger partial charge < -0.3 is 57.8 Å². The van der Waals surface area contributed by atoms with Gasteiger partial charge in [-0.2, -0.15) is 0 Å². The first kappa shape index (κ1) is 61.5. The van der Waals surface area contributed by atoms with Gasteiger partial charge in [0.25, 0.3) is 30.1 Å². The van der Waals surface area contributed by atoms with Crippen LogP contribution in [-0.4, -0.2) is 99.4 Å². The number of carbonyl (C=O) groups excluding carboxylic acids is 2. The molecule has 0 unspecified atom stereocenters. The van der Waals surface area contributed by atoms with E-state index in [9.17, 15) is 39.9 Å². The normalized spacial score (nSPS) is 15.6. The predicted molar refractivity (Wildman–Crippen MR) is 302 cm³/mol. The van der Waals surface area contributed by atoms with Crippen LogP contribution in [0.3, 0.4) is 0 Å². The Hall–Kier alpha value is -7.38. The molecule has 7 rings (SSSR count). The summed E-state index contributed by atoms with van der Waals surface area (Å²) < 4.78 is 98.4. The lowest BCUT2D eigenvalue weighted by atomic mass is 9.93. The largest absolute Gasteiger partial charge is 0.512 e. The number of sulfonamides is 3. The number of nitrogens with zero attached hydrogens (tertiary/aromatic N) is 3. The van der Waals surface area contributed by atoms with Crippen LogP contribution in [0.1, 0.15) is 99.9 Å². The number of urea groups is 2. The number of nitrogens with one attached hydrogen (secondary N) is 4. The molecule has 4 aromatic carbocycles. The first-order valence-corrected chi connectivity index (χ1v) is 29.7. The molecule has 0 aromatic heterocycles. The Morgan fingerprint density at radius 1 is 0.551 bits per heavy atom. The molecule has 0 saturated carbocycles. The van der Waals surface area contributed by atoms with E-state index in [4.69, 9.17) is 31.4 Å². The Bertz CT molecular complexity index is 3300. The highest BCUT2D eigenvalue weighted by Crippen LogP contribution is 2.33. The van der Waals surface area contributed by atoms with Crippen molar-refractivity contribution < 1.29 is 54.2 Å². The number of aryl methyl sites for hydroxylation is 1. The number of hydrogen-bond acceptors (Lipinski definition) is 15. The number of nitrogens with two attached hydrogens (primary N) is 3. The number of aliphatic hydroxyl groups is 1. The monoisotopic (exact) mass is 1140 g/mol. The molecule has 25 heteroatoms. The van der Waals surface area contributed by atoms with E-state index < -0.39 is 35.5 Å². The topological polar surface area (TPSA) is 348 Å². The van der Waals surface area contributed by atoms with Crippen molar-refractivity contribution in [2.75, 3.05) is 39.5 Å². The van der Waals surface area contributed by atoms with Crippen LogP contribution >= 0.6 is 0 Å². The third-order valence-corrected chi connectivity index (χ3v) is 15.6. The number of fused-ring (bicyclic) bond motifs is 3. The second-order valence-corrected chi connectivity index (χ2v) is 25.8. The maximum Gasteiger partial charge on any atom is 0.315 e. The summed E-state index contributed by atoms with van der Waals surface area (Å²) in [6, 6.07) is 23.0. The molecule has 0 saturated heterocycles. The predicted octanol–water partition coefficient (Wildman–Crippen LogP) is 5.37. The first-order chi connectivity index (χ1) is 36.3. The van der Waals surface area contributed by atoms with Gasteiger partial charge in [-0.05, 0) is 73.2 Å². The van der Waals surface area contributed by atoms with Gasteiger partial charge in [-0.25, -0.2) is 34.8 Å². The molecule has 0 spiro atoms. The lowest BCUT2D eigenvalue weighted by Crippen LogP contribution is -2.42. The lowest BCUT2D eigenvalue weighted by molar-refractivity contribution is 0.159. The van der Waals surface area contributed by atoms with Crippen molar-refractivity contribution in [2.45, 2.75) is 85.6 Å². The number of ether oxygens (including phenoxy) is 3. The van der Waals surface area contributed by atoms with E-state index >= 15 is 0 Å². The van der Waals surface area contributed by atoms with Crippen LogP contribution in [0, 0.1) is 16.2 Å². The van der Waals surface area contributed by atoms with Gasteiger partial charge >= 0.3 is 12.1 Å². The number of hydrogen-bond donors (Lipinski definition) is 8.